The molecule has 2 rings (SSSR count). The Morgan fingerprint density at radius 2 is 1.92 bits per heavy atom. The fraction of sp³-hybridized carbons (Fsp3) is 0.579. The average molecular weight is 362 g/mol. The van der Waals surface area contributed by atoms with Gasteiger partial charge >= 0.3 is 0 Å². The van der Waals surface area contributed by atoms with Crippen LogP contribution in [0.1, 0.15) is 18.4 Å². The molecule has 0 atom stereocenters. The van der Waals surface area contributed by atoms with Crippen molar-refractivity contribution in [3.63, 3.8) is 0 Å². The molecule has 0 aliphatic carbocycles. The summed E-state index contributed by atoms with van der Waals surface area (Å²) in [4.78, 5) is 18.1. The van der Waals surface area contributed by atoms with Gasteiger partial charge in [0, 0.05) is 53.8 Å². The number of aliphatic imine (C=N–C) groups is 1. The zero-order valence-corrected chi connectivity index (χ0v) is 16.0. The third-order valence-electron chi connectivity index (χ3n) is 4.58. The summed E-state index contributed by atoms with van der Waals surface area (Å²) < 4.78 is 11.2. The Balaban J connectivity index is 2.00. The van der Waals surface area contributed by atoms with Gasteiger partial charge in [0.2, 0.25) is 5.91 Å². The molecule has 1 aromatic rings. The maximum absolute atomic E-state index is 11.9. The van der Waals surface area contributed by atoms with Gasteiger partial charge in [-0.25, -0.2) is 4.99 Å². The number of nitrogens with zero attached hydrogens (tertiary/aromatic N) is 2. The van der Waals surface area contributed by atoms with E-state index in [9.17, 15) is 4.79 Å². The van der Waals surface area contributed by atoms with Crippen LogP contribution in [0.2, 0.25) is 0 Å². The van der Waals surface area contributed by atoms with E-state index in [1.165, 1.54) is 0 Å². The fourth-order valence-corrected chi connectivity index (χ4v) is 2.69. The third kappa shape index (κ3) is 6.31. The second kappa shape index (κ2) is 10.1. The normalized spacial score (nSPS) is 16.8. The molecular weight excluding hydrogens is 332 g/mol. The van der Waals surface area contributed by atoms with Crippen LogP contribution in [0.4, 0.5) is 0 Å². The van der Waals surface area contributed by atoms with E-state index >= 15 is 0 Å². The first-order chi connectivity index (χ1) is 12.5. The lowest BCUT2D eigenvalue weighted by Gasteiger charge is -2.36. The highest BCUT2D eigenvalue weighted by Gasteiger charge is 2.32. The topological polar surface area (TPSA) is 75.2 Å². The highest BCUT2D eigenvalue weighted by molar-refractivity contribution is 5.86. The number of carbonyl (C=O) groups is 1. The van der Waals surface area contributed by atoms with Crippen LogP contribution < -0.4 is 10.6 Å². The van der Waals surface area contributed by atoms with Crippen LogP contribution in [-0.4, -0.2) is 69.9 Å². The van der Waals surface area contributed by atoms with Gasteiger partial charge in [0.25, 0.3) is 0 Å². The molecule has 7 nitrogen and oxygen atoms in total. The number of rotatable bonds is 7. The Morgan fingerprint density at radius 3 is 2.54 bits per heavy atom. The van der Waals surface area contributed by atoms with E-state index in [-0.39, 0.29) is 18.1 Å². The van der Waals surface area contributed by atoms with Crippen molar-refractivity contribution in [2.75, 3.05) is 47.5 Å². The van der Waals surface area contributed by atoms with E-state index in [2.05, 4.69) is 15.6 Å². The van der Waals surface area contributed by atoms with Crippen molar-refractivity contribution in [1.82, 2.24) is 15.5 Å². The lowest BCUT2D eigenvalue weighted by molar-refractivity contribution is -0.127. The smallest absolute Gasteiger partial charge is 0.241 e. The highest BCUT2D eigenvalue weighted by atomic mass is 16.5. The predicted octanol–water partition coefficient (Wildman–Crippen LogP) is 1.01. The number of hydrogen-bond acceptors (Lipinski definition) is 4. The first-order valence-corrected chi connectivity index (χ1v) is 8.94. The molecule has 7 heteroatoms. The SMILES string of the molecule is COC1(CNC(=NCc2ccccc2)NCC(=O)N(C)C)CCOCC1. The summed E-state index contributed by atoms with van der Waals surface area (Å²) in [6.45, 7) is 2.73. The fourth-order valence-electron chi connectivity index (χ4n) is 2.69. The van der Waals surface area contributed by atoms with Crippen molar-refractivity contribution in [1.29, 1.82) is 0 Å². The van der Waals surface area contributed by atoms with E-state index in [1.807, 2.05) is 30.3 Å². The molecule has 0 spiro atoms. The Kier molecular flexibility index (Phi) is 7.87. The first-order valence-electron chi connectivity index (χ1n) is 8.94. The van der Waals surface area contributed by atoms with Crippen molar-refractivity contribution < 1.29 is 14.3 Å². The number of hydrogen-bond donors (Lipinski definition) is 2. The molecule has 0 unspecified atom stereocenters. The summed E-state index contributed by atoms with van der Waals surface area (Å²) in [5.74, 6) is 0.596. The Bertz CT molecular complexity index is 584. The number of benzene rings is 1. The standard InChI is InChI=1S/C19H30N4O3/c1-23(2)17(24)14-21-18(20-13-16-7-5-4-6-8-16)22-15-19(25-3)9-11-26-12-10-19/h4-8H,9-15H2,1-3H3,(H2,20,21,22). The summed E-state index contributed by atoms with van der Waals surface area (Å²) in [5, 5.41) is 6.45. The monoisotopic (exact) mass is 362 g/mol. The second-order valence-electron chi connectivity index (χ2n) is 6.65. The summed E-state index contributed by atoms with van der Waals surface area (Å²) in [5.41, 5.74) is 0.846. The summed E-state index contributed by atoms with van der Waals surface area (Å²) in [6, 6.07) is 10.0. The number of carbonyl (C=O) groups excluding carboxylic acids is 1. The molecule has 144 valence electrons. The highest BCUT2D eigenvalue weighted by Crippen LogP contribution is 2.23. The predicted molar refractivity (Wildman–Crippen MR) is 102 cm³/mol. The number of methoxy groups -OCH3 is 1. The molecule has 1 aromatic carbocycles. The van der Waals surface area contributed by atoms with E-state index in [1.54, 1.807) is 26.1 Å². The Labute approximate surface area is 155 Å². The zero-order chi connectivity index (χ0) is 18.8. The average Bonchev–Trinajstić information content (AvgIpc) is 2.68. The van der Waals surface area contributed by atoms with Crippen molar-refractivity contribution in [2.24, 2.45) is 4.99 Å². The molecular formula is C19H30N4O3. The van der Waals surface area contributed by atoms with Crippen LogP contribution in [0.3, 0.4) is 0 Å². The van der Waals surface area contributed by atoms with Gasteiger partial charge in [0.05, 0.1) is 18.7 Å². The molecule has 0 radical (unpaired) electrons. The quantitative estimate of drug-likeness (QED) is 0.559. The van der Waals surface area contributed by atoms with Gasteiger partial charge in [-0.3, -0.25) is 4.79 Å². The molecule has 0 bridgehead atoms. The molecule has 0 aromatic heterocycles. The summed E-state index contributed by atoms with van der Waals surface area (Å²) >= 11 is 0. The second-order valence-corrected chi connectivity index (χ2v) is 6.65. The van der Waals surface area contributed by atoms with Crippen LogP contribution in [0.15, 0.2) is 35.3 Å². The van der Waals surface area contributed by atoms with Crippen LogP contribution in [0.5, 0.6) is 0 Å². The van der Waals surface area contributed by atoms with E-state index in [4.69, 9.17) is 9.47 Å². The Hall–Kier alpha value is -2.12. The van der Waals surface area contributed by atoms with Gasteiger partial charge < -0.3 is 25.0 Å². The first kappa shape index (κ1) is 20.2. The molecule has 1 fully saturated rings. The van der Waals surface area contributed by atoms with Crippen molar-refractivity contribution in [2.45, 2.75) is 25.0 Å². The van der Waals surface area contributed by atoms with E-state index in [0.717, 1.165) is 18.4 Å². The molecule has 1 heterocycles. The molecule has 1 aliphatic heterocycles. The zero-order valence-electron chi connectivity index (χ0n) is 16.0. The van der Waals surface area contributed by atoms with Crippen molar-refractivity contribution >= 4 is 11.9 Å². The van der Waals surface area contributed by atoms with Crippen LogP contribution in [0.25, 0.3) is 0 Å². The lowest BCUT2D eigenvalue weighted by atomic mass is 9.94. The van der Waals surface area contributed by atoms with Crippen molar-refractivity contribution in [3.05, 3.63) is 35.9 Å². The molecule has 26 heavy (non-hydrogen) atoms. The lowest BCUT2D eigenvalue weighted by Crippen LogP contribution is -2.51. The van der Waals surface area contributed by atoms with Crippen LogP contribution in [-0.2, 0) is 20.8 Å². The molecule has 2 N–H and O–H groups in total. The maximum atomic E-state index is 11.9. The summed E-state index contributed by atoms with van der Waals surface area (Å²) in [7, 11) is 5.21. The molecule has 0 saturated carbocycles. The number of likely N-dealkylation sites (N-methyl/N-ethyl adjacent to an activating group) is 1. The number of guanidine groups is 1. The minimum Gasteiger partial charge on any atom is -0.381 e. The third-order valence-corrected chi connectivity index (χ3v) is 4.58. The molecule has 1 amide bonds. The van der Waals surface area contributed by atoms with Gasteiger partial charge in [-0.1, -0.05) is 30.3 Å². The van der Waals surface area contributed by atoms with E-state index in [0.29, 0.717) is 32.3 Å². The minimum atomic E-state index is -0.265. The van der Waals surface area contributed by atoms with Gasteiger partial charge in [-0.2, -0.15) is 0 Å². The van der Waals surface area contributed by atoms with Gasteiger partial charge in [0.1, 0.15) is 0 Å². The van der Waals surface area contributed by atoms with Gasteiger partial charge in [-0.15, -0.1) is 0 Å². The van der Waals surface area contributed by atoms with Crippen LogP contribution >= 0.6 is 0 Å². The minimum absolute atomic E-state index is 0.00766. The molecule has 1 saturated heterocycles. The number of amides is 1. The number of ether oxygens (including phenoxy) is 2. The Morgan fingerprint density at radius 1 is 1.23 bits per heavy atom. The summed E-state index contributed by atoms with van der Waals surface area (Å²) in [6.07, 6.45) is 1.66. The van der Waals surface area contributed by atoms with Gasteiger partial charge in [-0.05, 0) is 5.56 Å². The maximum Gasteiger partial charge on any atom is 0.241 e. The van der Waals surface area contributed by atoms with Crippen LogP contribution in [0, 0.1) is 0 Å². The van der Waals surface area contributed by atoms with Crippen molar-refractivity contribution in [3.8, 4) is 0 Å². The number of nitrogens with one attached hydrogen (secondary N) is 2. The largest absolute Gasteiger partial charge is 0.381 e. The molecule has 1 aliphatic rings. The van der Waals surface area contributed by atoms with Gasteiger partial charge in [0.15, 0.2) is 5.96 Å². The van der Waals surface area contributed by atoms with E-state index < -0.39 is 0 Å².